The highest BCUT2D eigenvalue weighted by Crippen LogP contribution is 2.30. The van der Waals surface area contributed by atoms with Gasteiger partial charge in [-0.05, 0) is 42.3 Å². The van der Waals surface area contributed by atoms with Gasteiger partial charge in [0.1, 0.15) is 18.2 Å². The fourth-order valence-electron chi connectivity index (χ4n) is 4.04. The fraction of sp³-hybridized carbons (Fsp3) is 0.148. The van der Waals surface area contributed by atoms with Crippen molar-refractivity contribution in [2.75, 3.05) is 7.11 Å². The van der Waals surface area contributed by atoms with E-state index < -0.39 is 0 Å². The monoisotopic (exact) mass is 452 g/mol. The van der Waals surface area contributed by atoms with Gasteiger partial charge in [0.2, 0.25) is 11.4 Å². The minimum Gasteiger partial charge on any atom is -0.484 e. The van der Waals surface area contributed by atoms with E-state index in [0.29, 0.717) is 11.6 Å². The predicted molar refractivity (Wildman–Crippen MR) is 131 cm³/mol. The highest BCUT2D eigenvalue weighted by molar-refractivity contribution is 5.83. The van der Waals surface area contributed by atoms with Crippen molar-refractivity contribution < 1.29 is 9.47 Å². The molecule has 0 saturated heterocycles. The quantitative estimate of drug-likeness (QED) is 0.376. The Balaban J connectivity index is 1.58. The Morgan fingerprint density at radius 1 is 1.00 bits per heavy atom. The summed E-state index contributed by atoms with van der Waals surface area (Å²) < 4.78 is 13.4. The summed E-state index contributed by atoms with van der Waals surface area (Å²) in [6.45, 7) is 2.42. The number of nitrogens with one attached hydrogen (secondary N) is 1. The van der Waals surface area contributed by atoms with Crippen LogP contribution in [0, 0.1) is 0 Å². The molecule has 0 fully saturated rings. The molecule has 0 aliphatic rings. The van der Waals surface area contributed by atoms with Crippen LogP contribution in [-0.4, -0.2) is 26.6 Å². The highest BCUT2D eigenvalue weighted by atomic mass is 16.5. The molecule has 0 unspecified atom stereocenters. The number of methoxy groups -OCH3 is 1. The van der Waals surface area contributed by atoms with Crippen LogP contribution in [-0.2, 0) is 6.61 Å². The lowest BCUT2D eigenvalue weighted by Crippen LogP contribution is -2.13. The number of imidazole rings is 1. The van der Waals surface area contributed by atoms with Crippen molar-refractivity contribution in [2.24, 2.45) is 0 Å². The lowest BCUT2D eigenvalue weighted by molar-refractivity contribution is 0.287. The molecule has 0 bridgehead atoms. The van der Waals surface area contributed by atoms with Crippen molar-refractivity contribution in [1.82, 2.24) is 19.5 Å². The first-order valence-electron chi connectivity index (χ1n) is 11.0. The minimum absolute atomic E-state index is 0.0321. The Labute approximate surface area is 196 Å². The molecule has 0 amide bonds. The molecule has 0 aliphatic heterocycles. The van der Waals surface area contributed by atoms with Crippen molar-refractivity contribution in [3.63, 3.8) is 0 Å². The van der Waals surface area contributed by atoms with Gasteiger partial charge >= 0.3 is 0 Å². The Morgan fingerprint density at radius 3 is 2.53 bits per heavy atom. The van der Waals surface area contributed by atoms with Crippen LogP contribution < -0.4 is 15.0 Å². The summed E-state index contributed by atoms with van der Waals surface area (Å²) in [7, 11) is 1.61. The average molecular weight is 453 g/mol. The third kappa shape index (κ3) is 4.28. The van der Waals surface area contributed by atoms with E-state index in [-0.39, 0.29) is 18.2 Å². The molecule has 2 aromatic carbocycles. The molecule has 3 heterocycles. The van der Waals surface area contributed by atoms with Crippen LogP contribution >= 0.6 is 0 Å². The summed E-state index contributed by atoms with van der Waals surface area (Å²) in [6, 6.07) is 23.5. The normalized spacial score (nSPS) is 11.9. The fourth-order valence-corrected chi connectivity index (χ4v) is 4.04. The van der Waals surface area contributed by atoms with E-state index in [1.165, 1.54) is 11.6 Å². The van der Waals surface area contributed by atoms with Gasteiger partial charge < -0.3 is 19.0 Å². The highest BCUT2D eigenvalue weighted by Gasteiger charge is 2.19. The van der Waals surface area contributed by atoms with E-state index in [9.17, 15) is 4.79 Å². The first-order valence-corrected chi connectivity index (χ1v) is 11.0. The number of fused-ring (bicyclic) bond motifs is 1. The van der Waals surface area contributed by atoms with Gasteiger partial charge in [0.15, 0.2) is 0 Å². The Hall–Kier alpha value is -4.39. The maximum Gasteiger partial charge on any atom is 0.248 e. The third-order valence-corrected chi connectivity index (χ3v) is 5.83. The number of aromatic amines is 1. The second-order valence-electron chi connectivity index (χ2n) is 7.95. The predicted octanol–water partition coefficient (Wildman–Crippen LogP) is 4.98. The zero-order valence-electron chi connectivity index (χ0n) is 18.9. The third-order valence-electron chi connectivity index (χ3n) is 5.83. The van der Waals surface area contributed by atoms with Crippen LogP contribution in [0.2, 0.25) is 0 Å². The molecular weight excluding hydrogens is 428 g/mol. The number of ether oxygens (including phenoxy) is 2. The van der Waals surface area contributed by atoms with Crippen molar-refractivity contribution in [3.05, 3.63) is 107 Å². The van der Waals surface area contributed by atoms with E-state index in [2.05, 4.69) is 39.7 Å². The average Bonchev–Trinajstić information content (AvgIpc) is 3.26. The summed E-state index contributed by atoms with van der Waals surface area (Å²) in [5.41, 5.74) is 4.92. The molecule has 1 N–H and O–H groups in total. The second-order valence-corrected chi connectivity index (χ2v) is 7.95. The van der Waals surface area contributed by atoms with Gasteiger partial charge in [-0.15, -0.1) is 0 Å². The van der Waals surface area contributed by atoms with Crippen LogP contribution in [0.1, 0.15) is 24.4 Å². The minimum atomic E-state index is -0.169. The van der Waals surface area contributed by atoms with E-state index in [0.717, 1.165) is 28.0 Å². The lowest BCUT2D eigenvalue weighted by Gasteiger charge is -2.19. The van der Waals surface area contributed by atoms with Crippen LogP contribution in [0.5, 0.6) is 11.6 Å². The molecule has 5 rings (SSSR count). The standard InChI is InChI=1S/C27H24N4O3/c1-18(19-6-4-3-5-7-19)31-24-14-20(21-9-13-27(33-2)29-15-21)8-11-23(24)30-25(31)17-34-22-10-12-26(32)28-16-22/h3-16,18H,17H2,1-2H3,(H,28,32)/t18-/m0/s1. The SMILES string of the molecule is COc1ccc(-c2ccc3nc(COc4ccc(=O)[nH]c4)n([C@@H](C)c4ccccc4)c3c2)cn1. The molecule has 34 heavy (non-hydrogen) atoms. The van der Waals surface area contributed by atoms with Crippen molar-refractivity contribution >= 4 is 11.0 Å². The largest absolute Gasteiger partial charge is 0.484 e. The molecule has 0 radical (unpaired) electrons. The molecule has 0 spiro atoms. The molecular formula is C27H24N4O3. The van der Waals surface area contributed by atoms with E-state index in [1.807, 2.05) is 48.7 Å². The van der Waals surface area contributed by atoms with E-state index in [1.54, 1.807) is 19.4 Å². The molecule has 1 atom stereocenters. The number of benzene rings is 2. The first-order chi connectivity index (χ1) is 16.6. The molecule has 0 aliphatic carbocycles. The van der Waals surface area contributed by atoms with E-state index in [4.69, 9.17) is 14.5 Å². The summed E-state index contributed by atoms with van der Waals surface area (Å²) >= 11 is 0. The first kappa shape index (κ1) is 21.5. The molecule has 170 valence electrons. The van der Waals surface area contributed by atoms with Gasteiger partial charge in [-0.1, -0.05) is 36.4 Å². The zero-order chi connectivity index (χ0) is 23.5. The number of H-pyrrole nitrogens is 1. The van der Waals surface area contributed by atoms with Crippen LogP contribution in [0.15, 0.2) is 90.0 Å². The Bertz CT molecular complexity index is 1450. The molecule has 0 saturated carbocycles. The van der Waals surface area contributed by atoms with Gasteiger partial charge in [0.25, 0.3) is 0 Å². The number of nitrogens with zero attached hydrogens (tertiary/aromatic N) is 3. The maximum atomic E-state index is 11.4. The lowest BCUT2D eigenvalue weighted by atomic mass is 10.1. The number of hydrogen-bond acceptors (Lipinski definition) is 5. The van der Waals surface area contributed by atoms with Crippen molar-refractivity contribution in [3.8, 4) is 22.8 Å². The smallest absolute Gasteiger partial charge is 0.248 e. The topological polar surface area (TPSA) is 82.0 Å². The maximum absolute atomic E-state index is 11.4. The summed E-state index contributed by atoms with van der Waals surface area (Å²) in [4.78, 5) is 23.2. The van der Waals surface area contributed by atoms with Crippen molar-refractivity contribution in [1.29, 1.82) is 0 Å². The Kier molecular flexibility index (Phi) is 5.82. The summed E-state index contributed by atoms with van der Waals surface area (Å²) in [5.74, 6) is 1.95. The van der Waals surface area contributed by atoms with Gasteiger partial charge in [-0.2, -0.15) is 0 Å². The van der Waals surface area contributed by atoms with Crippen LogP contribution in [0.25, 0.3) is 22.2 Å². The summed E-state index contributed by atoms with van der Waals surface area (Å²) in [6.07, 6.45) is 3.37. The number of rotatable bonds is 7. The summed E-state index contributed by atoms with van der Waals surface area (Å²) in [5, 5.41) is 0. The zero-order valence-corrected chi connectivity index (χ0v) is 18.9. The second kappa shape index (κ2) is 9.23. The molecule has 5 aromatic rings. The van der Waals surface area contributed by atoms with Gasteiger partial charge in [0, 0.05) is 30.1 Å². The van der Waals surface area contributed by atoms with Crippen molar-refractivity contribution in [2.45, 2.75) is 19.6 Å². The van der Waals surface area contributed by atoms with Gasteiger partial charge in [-0.25, -0.2) is 9.97 Å². The van der Waals surface area contributed by atoms with E-state index >= 15 is 0 Å². The molecule has 7 heteroatoms. The number of hydrogen-bond donors (Lipinski definition) is 1. The number of pyridine rings is 2. The number of aromatic nitrogens is 4. The Morgan fingerprint density at radius 2 is 1.82 bits per heavy atom. The van der Waals surface area contributed by atoms with Crippen LogP contribution in [0.3, 0.4) is 0 Å². The molecule has 7 nitrogen and oxygen atoms in total. The van der Waals surface area contributed by atoms with Gasteiger partial charge in [-0.3, -0.25) is 4.79 Å². The van der Waals surface area contributed by atoms with Crippen LogP contribution in [0.4, 0.5) is 0 Å². The van der Waals surface area contributed by atoms with Gasteiger partial charge in [0.05, 0.1) is 24.2 Å². The molecule has 3 aromatic heterocycles.